The molecule has 156 valence electrons. The number of halogens is 4. The van der Waals surface area contributed by atoms with E-state index >= 15 is 0 Å². The number of likely N-dealkylation sites (tertiary alicyclic amines) is 1. The maximum atomic E-state index is 12.4. The minimum atomic E-state index is -3.10. The maximum absolute atomic E-state index is 12.4. The molecule has 1 aliphatic heterocycles. The Balaban J connectivity index is 1.59. The Hall–Kier alpha value is -2.39. The Bertz CT molecular complexity index is 891. The Morgan fingerprint density at radius 1 is 1.24 bits per heavy atom. The van der Waals surface area contributed by atoms with Gasteiger partial charge in [-0.25, -0.2) is 0 Å². The van der Waals surface area contributed by atoms with Gasteiger partial charge >= 0.3 is 18.4 Å². The number of amides is 2. The third-order valence-corrected chi connectivity index (χ3v) is 5.05. The number of aromatic nitrogens is 1. The van der Waals surface area contributed by atoms with Gasteiger partial charge in [-0.15, -0.1) is 0 Å². The first-order valence-electron chi connectivity index (χ1n) is 8.72. The molecule has 29 heavy (non-hydrogen) atoms. The number of nitrogens with one attached hydrogen (secondary N) is 1. The van der Waals surface area contributed by atoms with E-state index in [1.165, 1.54) is 17.0 Å². The fourth-order valence-electron chi connectivity index (χ4n) is 3.10. The van der Waals surface area contributed by atoms with E-state index in [9.17, 15) is 18.4 Å². The lowest BCUT2D eigenvalue weighted by molar-refractivity contribution is -0.143. The van der Waals surface area contributed by atoms with E-state index in [-0.39, 0.29) is 21.7 Å². The van der Waals surface area contributed by atoms with Crippen LogP contribution in [0.2, 0.25) is 10.0 Å². The van der Waals surface area contributed by atoms with Gasteiger partial charge in [0.2, 0.25) is 0 Å². The smallest absolute Gasteiger partial charge is 0.387 e. The van der Waals surface area contributed by atoms with Crippen LogP contribution in [0.3, 0.4) is 0 Å². The van der Waals surface area contributed by atoms with Crippen molar-refractivity contribution in [1.29, 1.82) is 0 Å². The first-order valence-corrected chi connectivity index (χ1v) is 9.47. The molecule has 2 amide bonds. The minimum absolute atomic E-state index is 0.0898. The summed E-state index contributed by atoms with van der Waals surface area (Å²) in [5.74, 6) is -1.08. The summed E-state index contributed by atoms with van der Waals surface area (Å²) in [6.45, 7) is -0.491. The fourth-order valence-corrected chi connectivity index (χ4v) is 3.68. The lowest BCUT2D eigenvalue weighted by Gasteiger charge is -2.30. The lowest BCUT2D eigenvalue weighted by Crippen LogP contribution is -2.43. The van der Waals surface area contributed by atoms with Crippen LogP contribution < -0.4 is 10.1 Å². The van der Waals surface area contributed by atoms with E-state index in [0.717, 1.165) is 11.5 Å². The monoisotopic (exact) mass is 447 g/mol. The molecular formula is C18H17Cl2F2N3O4. The third-order valence-electron chi connectivity index (χ3n) is 4.49. The van der Waals surface area contributed by atoms with Crippen LogP contribution in [0.25, 0.3) is 0 Å². The van der Waals surface area contributed by atoms with Gasteiger partial charge in [-0.3, -0.25) is 9.59 Å². The standard InChI is InChI=1S/C18H17Cl2F2N3O4/c1-9-6-14(29-24-9)10-2-4-25(5-3-10)17(27)16(26)23-11-7-12(19)15(13(20)8-11)28-18(21)22/h6-8,10,18H,2-5H2,1H3,(H,23,26). The van der Waals surface area contributed by atoms with Crippen molar-refractivity contribution in [3.63, 3.8) is 0 Å². The Kier molecular flexibility index (Phi) is 6.59. The molecule has 0 aliphatic carbocycles. The van der Waals surface area contributed by atoms with Gasteiger partial charge in [0.05, 0.1) is 15.7 Å². The summed E-state index contributed by atoms with van der Waals surface area (Å²) < 4.78 is 34.2. The van der Waals surface area contributed by atoms with Crippen LogP contribution in [-0.2, 0) is 9.59 Å². The molecule has 11 heteroatoms. The molecule has 0 atom stereocenters. The molecule has 0 saturated carbocycles. The molecule has 1 aromatic heterocycles. The number of carbonyl (C=O) groups is 2. The second-order valence-corrected chi connectivity index (χ2v) is 7.35. The lowest BCUT2D eigenvalue weighted by atomic mass is 9.94. The van der Waals surface area contributed by atoms with Crippen LogP contribution in [-0.4, -0.2) is 41.6 Å². The normalized spacial score (nSPS) is 14.9. The topological polar surface area (TPSA) is 84.7 Å². The zero-order chi connectivity index (χ0) is 21.1. The molecule has 3 rings (SSSR count). The molecule has 1 aromatic carbocycles. The number of ether oxygens (including phenoxy) is 1. The predicted molar refractivity (Wildman–Crippen MR) is 102 cm³/mol. The number of alkyl halides is 2. The number of anilines is 1. The summed E-state index contributed by atoms with van der Waals surface area (Å²) in [5.41, 5.74) is 0.882. The van der Waals surface area contributed by atoms with Gasteiger partial charge in [-0.1, -0.05) is 28.4 Å². The Morgan fingerprint density at radius 2 is 1.86 bits per heavy atom. The first kappa shape index (κ1) is 21.3. The van der Waals surface area contributed by atoms with Gasteiger partial charge in [-0.2, -0.15) is 8.78 Å². The molecular weight excluding hydrogens is 431 g/mol. The average molecular weight is 448 g/mol. The number of carbonyl (C=O) groups excluding carboxylic acids is 2. The number of hydrogen-bond acceptors (Lipinski definition) is 5. The van der Waals surface area contributed by atoms with Crippen LogP contribution in [0.1, 0.15) is 30.2 Å². The second-order valence-electron chi connectivity index (χ2n) is 6.54. The minimum Gasteiger partial charge on any atom is -0.432 e. The quantitative estimate of drug-likeness (QED) is 0.708. The van der Waals surface area contributed by atoms with Crippen molar-refractivity contribution in [2.45, 2.75) is 32.3 Å². The summed E-state index contributed by atoms with van der Waals surface area (Å²) in [5, 5.41) is 5.80. The molecule has 2 aromatic rings. The molecule has 1 saturated heterocycles. The Morgan fingerprint density at radius 3 is 2.38 bits per heavy atom. The van der Waals surface area contributed by atoms with Crippen molar-refractivity contribution in [3.05, 3.63) is 39.7 Å². The maximum Gasteiger partial charge on any atom is 0.387 e. The van der Waals surface area contributed by atoms with Crippen LogP contribution in [0.5, 0.6) is 5.75 Å². The second kappa shape index (κ2) is 8.96. The predicted octanol–water partition coefficient (Wildman–Crippen LogP) is 4.24. The average Bonchev–Trinajstić information content (AvgIpc) is 3.10. The number of piperidine rings is 1. The Labute approximate surface area is 174 Å². The highest BCUT2D eigenvalue weighted by Crippen LogP contribution is 2.37. The van der Waals surface area contributed by atoms with Crippen molar-refractivity contribution in [1.82, 2.24) is 10.1 Å². The van der Waals surface area contributed by atoms with E-state index < -0.39 is 24.2 Å². The van der Waals surface area contributed by atoms with E-state index in [2.05, 4.69) is 15.2 Å². The summed E-state index contributed by atoms with van der Waals surface area (Å²) in [6.07, 6.45) is 1.29. The van der Waals surface area contributed by atoms with Crippen molar-refractivity contribution in [2.75, 3.05) is 18.4 Å². The van der Waals surface area contributed by atoms with Crippen LogP contribution in [0.15, 0.2) is 22.7 Å². The largest absolute Gasteiger partial charge is 0.432 e. The van der Waals surface area contributed by atoms with Gasteiger partial charge in [0, 0.05) is 30.8 Å². The van der Waals surface area contributed by atoms with Gasteiger partial charge in [0.15, 0.2) is 5.75 Å². The molecule has 0 bridgehead atoms. The van der Waals surface area contributed by atoms with Crippen molar-refractivity contribution in [3.8, 4) is 5.75 Å². The molecule has 0 spiro atoms. The van der Waals surface area contributed by atoms with Gasteiger partial charge in [0.25, 0.3) is 0 Å². The molecule has 1 aliphatic rings. The van der Waals surface area contributed by atoms with Crippen molar-refractivity contribution in [2.24, 2.45) is 0 Å². The van der Waals surface area contributed by atoms with Crippen LogP contribution in [0.4, 0.5) is 14.5 Å². The molecule has 0 radical (unpaired) electrons. The molecule has 1 fully saturated rings. The zero-order valence-electron chi connectivity index (χ0n) is 15.3. The van der Waals surface area contributed by atoms with Crippen molar-refractivity contribution >= 4 is 40.7 Å². The summed E-state index contributed by atoms with van der Waals surface area (Å²) in [7, 11) is 0. The number of aryl methyl sites for hydroxylation is 1. The molecule has 1 N–H and O–H groups in total. The van der Waals surface area contributed by atoms with Crippen molar-refractivity contribution < 1.29 is 27.6 Å². The molecule has 7 nitrogen and oxygen atoms in total. The van der Waals surface area contributed by atoms with E-state index in [1.54, 1.807) is 0 Å². The van der Waals surface area contributed by atoms with Gasteiger partial charge < -0.3 is 19.5 Å². The third kappa shape index (κ3) is 5.16. The van der Waals surface area contributed by atoms with Crippen LogP contribution >= 0.6 is 23.2 Å². The first-order chi connectivity index (χ1) is 13.7. The zero-order valence-corrected chi connectivity index (χ0v) is 16.8. The fraction of sp³-hybridized carbons (Fsp3) is 0.389. The number of rotatable bonds is 4. The summed E-state index contributed by atoms with van der Waals surface area (Å²) >= 11 is 11.7. The SMILES string of the molecule is Cc1cc(C2CCN(C(=O)C(=O)Nc3cc(Cl)c(OC(F)F)c(Cl)c3)CC2)on1. The summed E-state index contributed by atoms with van der Waals surface area (Å²) in [4.78, 5) is 26.1. The highest BCUT2D eigenvalue weighted by molar-refractivity contribution is 6.41. The van der Waals surface area contributed by atoms with Gasteiger partial charge in [0.1, 0.15) is 5.76 Å². The number of hydrogen-bond donors (Lipinski definition) is 1. The number of nitrogens with zero attached hydrogens (tertiary/aromatic N) is 2. The van der Waals surface area contributed by atoms with E-state index in [4.69, 9.17) is 27.7 Å². The number of benzene rings is 1. The summed E-state index contributed by atoms with van der Waals surface area (Å²) in [6, 6.07) is 4.22. The van der Waals surface area contributed by atoms with E-state index in [0.29, 0.717) is 25.9 Å². The van der Waals surface area contributed by atoms with E-state index in [1.807, 2.05) is 13.0 Å². The van der Waals surface area contributed by atoms with Gasteiger partial charge in [-0.05, 0) is 31.9 Å². The van der Waals surface area contributed by atoms with Crippen LogP contribution in [0, 0.1) is 6.92 Å². The highest BCUT2D eigenvalue weighted by atomic mass is 35.5. The highest BCUT2D eigenvalue weighted by Gasteiger charge is 2.29. The molecule has 2 heterocycles. The molecule has 0 unspecified atom stereocenters.